The quantitative estimate of drug-likeness (QED) is 0.197. The topological polar surface area (TPSA) is 70.5 Å². The van der Waals surface area contributed by atoms with Crippen LogP contribution in [0.4, 0.5) is 0 Å². The summed E-state index contributed by atoms with van der Waals surface area (Å²) in [4.78, 5) is 19.1. The van der Waals surface area contributed by atoms with Gasteiger partial charge < -0.3 is 14.4 Å². The van der Waals surface area contributed by atoms with Gasteiger partial charge in [-0.2, -0.15) is 0 Å². The van der Waals surface area contributed by atoms with Crippen LogP contribution in [-0.2, 0) is 0 Å². The molecule has 0 saturated carbocycles. The van der Waals surface area contributed by atoms with Crippen molar-refractivity contribution in [2.24, 2.45) is 0 Å². The lowest BCUT2D eigenvalue weighted by Crippen LogP contribution is -1.98. The highest BCUT2D eigenvalue weighted by atomic mass is 32.1. The van der Waals surface area contributed by atoms with Crippen molar-refractivity contribution < 1.29 is 4.42 Å². The average Bonchev–Trinajstić information content (AvgIpc) is 3.95. The van der Waals surface area contributed by atoms with Gasteiger partial charge in [0.25, 0.3) is 0 Å². The lowest BCUT2D eigenvalue weighted by molar-refractivity contribution is 0.582. The van der Waals surface area contributed by atoms with Gasteiger partial charge in [-0.15, -0.1) is 22.7 Å². The molecule has 222 valence electrons. The van der Waals surface area contributed by atoms with E-state index < -0.39 is 0 Å². The summed E-state index contributed by atoms with van der Waals surface area (Å²) in [6.07, 6.45) is 1.74. The van der Waals surface area contributed by atoms with Crippen LogP contribution in [0.15, 0.2) is 138 Å². The largest absolute Gasteiger partial charge is 0.464 e. The summed E-state index contributed by atoms with van der Waals surface area (Å²) in [7, 11) is 0. The van der Waals surface area contributed by atoms with Gasteiger partial charge in [0.1, 0.15) is 16.6 Å². The molecule has 47 heavy (non-hydrogen) atoms. The van der Waals surface area contributed by atoms with Crippen molar-refractivity contribution in [2.45, 2.75) is 0 Å². The summed E-state index contributed by atoms with van der Waals surface area (Å²) >= 11 is 3.49. The summed E-state index contributed by atoms with van der Waals surface area (Å²) in [5.74, 6) is 1.59. The first-order valence-electron chi connectivity index (χ1n) is 15.4. The second kappa shape index (κ2) is 10.4. The Morgan fingerprint density at radius 1 is 0.532 bits per heavy atom. The molecule has 7 heteroatoms. The third kappa shape index (κ3) is 4.28. The van der Waals surface area contributed by atoms with Gasteiger partial charge in [-0.1, -0.05) is 60.7 Å². The second-order valence-electron chi connectivity index (χ2n) is 11.6. The van der Waals surface area contributed by atoms with Crippen molar-refractivity contribution in [3.05, 3.63) is 134 Å². The number of hydrogen-bond donors (Lipinski definition) is 2. The van der Waals surface area contributed by atoms with Gasteiger partial charge in [0.15, 0.2) is 0 Å². The van der Waals surface area contributed by atoms with Crippen LogP contribution < -0.4 is 0 Å². The Morgan fingerprint density at radius 2 is 1.30 bits per heavy atom. The number of rotatable bonds is 5. The number of nitrogens with one attached hydrogen (secondary N) is 2. The minimum atomic E-state index is 0.792. The molecular weight excluding hydrogens is 617 g/mol. The number of para-hydroxylation sites is 4. The summed E-state index contributed by atoms with van der Waals surface area (Å²) in [5.41, 5.74) is 10.1. The third-order valence-corrected chi connectivity index (χ3v) is 10.9. The lowest BCUT2D eigenvalue weighted by atomic mass is 9.87. The zero-order chi connectivity index (χ0) is 30.9. The van der Waals surface area contributed by atoms with Gasteiger partial charge >= 0.3 is 0 Å². The number of thiophene rings is 1. The smallest absolute Gasteiger partial charge is 0.139 e. The number of thiazole rings is 1. The highest BCUT2D eigenvalue weighted by Gasteiger charge is 2.29. The molecule has 0 bridgehead atoms. The number of nitrogens with zero attached hydrogens (tertiary/aromatic N) is 2. The molecule has 5 aromatic carbocycles. The minimum absolute atomic E-state index is 0.792. The summed E-state index contributed by atoms with van der Waals surface area (Å²) in [6, 6.07) is 44.3. The molecule has 5 heterocycles. The minimum Gasteiger partial charge on any atom is -0.464 e. The predicted octanol–water partition coefficient (Wildman–Crippen LogP) is 11.8. The molecule has 0 atom stereocenters. The van der Waals surface area contributed by atoms with E-state index in [1.54, 1.807) is 28.9 Å². The molecule has 0 amide bonds. The molecule has 0 saturated heterocycles. The Bertz CT molecular complexity index is 2630. The van der Waals surface area contributed by atoms with E-state index in [0.29, 0.717) is 0 Å². The van der Waals surface area contributed by atoms with Crippen LogP contribution in [0.2, 0.25) is 0 Å². The first-order chi connectivity index (χ1) is 23.3. The first-order valence-corrected chi connectivity index (χ1v) is 17.0. The van der Waals surface area contributed by atoms with E-state index in [4.69, 9.17) is 14.4 Å². The van der Waals surface area contributed by atoms with Crippen LogP contribution >= 0.6 is 22.7 Å². The molecule has 10 aromatic rings. The summed E-state index contributed by atoms with van der Waals surface area (Å²) in [5, 5.41) is 3.29. The molecular formula is C40H24N4OS2. The van der Waals surface area contributed by atoms with Gasteiger partial charge in [0.2, 0.25) is 0 Å². The van der Waals surface area contributed by atoms with Crippen molar-refractivity contribution in [3.63, 3.8) is 0 Å². The van der Waals surface area contributed by atoms with Crippen molar-refractivity contribution in [1.82, 2.24) is 19.9 Å². The van der Waals surface area contributed by atoms with Crippen LogP contribution in [0, 0.1) is 0 Å². The third-order valence-electron chi connectivity index (χ3n) is 8.74. The molecule has 10 rings (SSSR count). The van der Waals surface area contributed by atoms with E-state index >= 15 is 0 Å². The molecule has 0 aliphatic heterocycles. The number of hydrogen-bond acceptors (Lipinski definition) is 5. The second-order valence-corrected chi connectivity index (χ2v) is 13.7. The van der Waals surface area contributed by atoms with Crippen LogP contribution in [0.3, 0.4) is 0 Å². The van der Waals surface area contributed by atoms with Crippen molar-refractivity contribution in [3.8, 4) is 55.0 Å². The number of aromatic nitrogens is 4. The van der Waals surface area contributed by atoms with E-state index in [2.05, 4.69) is 107 Å². The highest BCUT2D eigenvalue weighted by Crippen LogP contribution is 2.52. The average molecular weight is 641 g/mol. The fourth-order valence-electron chi connectivity index (χ4n) is 6.62. The van der Waals surface area contributed by atoms with Gasteiger partial charge in [-0.25, -0.2) is 9.97 Å². The SMILES string of the molecule is c1coc(-c2cc(-c3nc4ccccc4s3)c(-c3cc4ccccc4[nH]3)c(-c3nc4ccccc4[nH]3)c2-c2cc3ccccc3s2)c1. The monoisotopic (exact) mass is 640 g/mol. The predicted molar refractivity (Wildman–Crippen MR) is 196 cm³/mol. The number of furan rings is 1. The maximum atomic E-state index is 6.20. The molecule has 0 aliphatic rings. The fraction of sp³-hybridized carbons (Fsp3) is 0. The summed E-state index contributed by atoms with van der Waals surface area (Å²) in [6.45, 7) is 0. The molecule has 0 fully saturated rings. The molecule has 0 spiro atoms. The Labute approximate surface area is 276 Å². The zero-order valence-electron chi connectivity index (χ0n) is 24.8. The van der Waals surface area contributed by atoms with Crippen molar-refractivity contribution >= 4 is 64.9 Å². The van der Waals surface area contributed by atoms with Gasteiger partial charge in [0.05, 0.1) is 27.5 Å². The van der Waals surface area contributed by atoms with E-state index in [1.807, 2.05) is 30.3 Å². The van der Waals surface area contributed by atoms with E-state index in [9.17, 15) is 0 Å². The van der Waals surface area contributed by atoms with Gasteiger partial charge in [0, 0.05) is 54.0 Å². The molecule has 2 N–H and O–H groups in total. The van der Waals surface area contributed by atoms with E-state index in [-0.39, 0.29) is 0 Å². The Hall–Kier alpha value is -5.76. The normalized spacial score (nSPS) is 11.8. The number of H-pyrrole nitrogens is 2. The lowest BCUT2D eigenvalue weighted by Gasteiger charge is -2.19. The van der Waals surface area contributed by atoms with Crippen molar-refractivity contribution in [2.75, 3.05) is 0 Å². The molecule has 0 unspecified atom stereocenters. The maximum absolute atomic E-state index is 6.20. The Balaban J connectivity index is 1.42. The van der Waals surface area contributed by atoms with Crippen LogP contribution in [0.5, 0.6) is 0 Å². The fourth-order valence-corrected chi connectivity index (χ4v) is 8.74. The standard InChI is InChI=1S/C40H24N4OS2/c1-3-12-27-23(10-1)20-31(41-27)36-26(40-44-30-15-6-8-18-34(30)47-40)22-25(32-16-9-19-45-32)37(35-21-24-11-2-7-17-33(24)46-35)38(36)39-42-28-13-4-5-14-29(28)43-39/h1-22,41H,(H,42,43). The molecule has 0 radical (unpaired) electrons. The Morgan fingerprint density at radius 3 is 2.09 bits per heavy atom. The number of fused-ring (bicyclic) bond motifs is 4. The van der Waals surface area contributed by atoms with Crippen LogP contribution in [-0.4, -0.2) is 19.9 Å². The van der Waals surface area contributed by atoms with Crippen LogP contribution in [0.1, 0.15) is 0 Å². The first kappa shape index (κ1) is 26.5. The summed E-state index contributed by atoms with van der Waals surface area (Å²) < 4.78 is 8.57. The molecule has 5 aromatic heterocycles. The number of benzene rings is 5. The molecule has 0 aliphatic carbocycles. The van der Waals surface area contributed by atoms with Crippen LogP contribution in [0.25, 0.3) is 97.2 Å². The zero-order valence-corrected chi connectivity index (χ0v) is 26.5. The van der Waals surface area contributed by atoms with Gasteiger partial charge in [-0.3, -0.25) is 0 Å². The van der Waals surface area contributed by atoms with Crippen molar-refractivity contribution in [1.29, 1.82) is 0 Å². The number of aromatic amines is 2. The van der Waals surface area contributed by atoms with Gasteiger partial charge in [-0.05, 0) is 72.1 Å². The maximum Gasteiger partial charge on any atom is 0.139 e. The highest BCUT2D eigenvalue weighted by molar-refractivity contribution is 7.22. The van der Waals surface area contributed by atoms with E-state index in [0.717, 1.165) is 87.1 Å². The van der Waals surface area contributed by atoms with E-state index in [1.165, 1.54) is 10.1 Å². The number of imidazole rings is 1. The molecule has 5 nitrogen and oxygen atoms in total. The Kier molecular flexibility index (Phi) is 5.85.